The molecule has 0 radical (unpaired) electrons. The van der Waals surface area contributed by atoms with E-state index in [9.17, 15) is 0 Å². The molecule has 3 rings (SSSR count). The van der Waals surface area contributed by atoms with E-state index in [1.54, 1.807) is 0 Å². The minimum absolute atomic E-state index is 0.826. The second-order valence-electron chi connectivity index (χ2n) is 4.30. The third-order valence-corrected chi connectivity index (χ3v) is 3.77. The van der Waals surface area contributed by atoms with Crippen LogP contribution in [0.5, 0.6) is 0 Å². The Morgan fingerprint density at radius 2 is 2.15 bits per heavy atom. The van der Waals surface area contributed by atoms with Crippen LogP contribution in [0, 0.1) is 0 Å². The Balaban J connectivity index is 1.77. The van der Waals surface area contributed by atoms with E-state index in [0.717, 1.165) is 28.9 Å². The van der Waals surface area contributed by atoms with Crippen molar-refractivity contribution in [1.82, 2.24) is 24.9 Å². The second kappa shape index (κ2) is 6.02. The van der Waals surface area contributed by atoms with Crippen LogP contribution in [-0.2, 0) is 6.54 Å². The summed E-state index contributed by atoms with van der Waals surface area (Å²) in [4.78, 5) is 4.46. The molecule has 0 amide bonds. The highest BCUT2D eigenvalue weighted by molar-refractivity contribution is 7.99. The molecule has 0 atom stereocenters. The van der Waals surface area contributed by atoms with E-state index < -0.39 is 0 Å². The molecule has 0 aliphatic carbocycles. The first-order chi connectivity index (χ1) is 9.86. The van der Waals surface area contributed by atoms with E-state index in [2.05, 4.69) is 33.5 Å². The lowest BCUT2D eigenvalue weighted by atomic mass is 10.3. The van der Waals surface area contributed by atoms with Gasteiger partial charge in [0.1, 0.15) is 5.03 Å². The molecule has 0 unspecified atom stereocenters. The van der Waals surface area contributed by atoms with E-state index in [1.807, 2.05) is 41.1 Å². The molecule has 0 aromatic carbocycles. The predicted molar refractivity (Wildman–Crippen MR) is 78.7 cm³/mol. The highest BCUT2D eigenvalue weighted by atomic mass is 32.2. The minimum atomic E-state index is 0.826. The number of aromatic nitrogens is 4. The summed E-state index contributed by atoms with van der Waals surface area (Å²) in [6.07, 6.45) is 3.85. The number of hydrogen-bond acceptors (Lipinski definition) is 5. The van der Waals surface area contributed by atoms with Crippen molar-refractivity contribution in [2.75, 3.05) is 6.54 Å². The number of nitrogens with one attached hydrogen (secondary N) is 1. The van der Waals surface area contributed by atoms with E-state index >= 15 is 0 Å². The molecule has 3 aromatic rings. The lowest BCUT2D eigenvalue weighted by molar-refractivity contribution is 0.722. The number of pyridine rings is 2. The maximum absolute atomic E-state index is 4.46. The van der Waals surface area contributed by atoms with Crippen LogP contribution >= 0.6 is 11.8 Å². The summed E-state index contributed by atoms with van der Waals surface area (Å²) >= 11 is 1.51. The summed E-state index contributed by atoms with van der Waals surface area (Å²) in [7, 11) is 0. The van der Waals surface area contributed by atoms with Crippen molar-refractivity contribution >= 4 is 17.4 Å². The van der Waals surface area contributed by atoms with Gasteiger partial charge in [-0.15, -0.1) is 10.2 Å². The molecule has 0 saturated heterocycles. The molecule has 102 valence electrons. The summed E-state index contributed by atoms with van der Waals surface area (Å²) in [5.41, 5.74) is 2.03. The molecule has 0 fully saturated rings. The third kappa shape index (κ3) is 2.81. The van der Waals surface area contributed by atoms with Gasteiger partial charge in [-0.3, -0.25) is 4.40 Å². The van der Waals surface area contributed by atoms with Crippen molar-refractivity contribution in [2.45, 2.75) is 23.7 Å². The van der Waals surface area contributed by atoms with E-state index in [1.165, 1.54) is 17.3 Å². The first-order valence-corrected chi connectivity index (χ1v) is 7.31. The van der Waals surface area contributed by atoms with Crippen LogP contribution in [0.2, 0.25) is 0 Å². The van der Waals surface area contributed by atoms with Crippen molar-refractivity contribution in [2.24, 2.45) is 0 Å². The normalized spacial score (nSPS) is 11.1. The van der Waals surface area contributed by atoms with Gasteiger partial charge in [0, 0.05) is 18.9 Å². The van der Waals surface area contributed by atoms with Crippen molar-refractivity contribution in [3.05, 3.63) is 48.3 Å². The standard InChI is InChI=1S/C14H15N5S/c1-2-15-9-11-6-7-13(16-10-11)20-14-18-17-12-5-3-4-8-19(12)14/h3-8,10,15H,2,9H2,1H3. The Morgan fingerprint density at radius 3 is 2.95 bits per heavy atom. The molecule has 6 heteroatoms. The highest BCUT2D eigenvalue weighted by Crippen LogP contribution is 2.24. The molecule has 0 spiro atoms. The maximum Gasteiger partial charge on any atom is 0.201 e. The van der Waals surface area contributed by atoms with Gasteiger partial charge in [-0.25, -0.2) is 4.98 Å². The van der Waals surface area contributed by atoms with Crippen LogP contribution in [0.1, 0.15) is 12.5 Å². The number of nitrogens with zero attached hydrogens (tertiary/aromatic N) is 4. The summed E-state index contributed by atoms with van der Waals surface area (Å²) in [6.45, 7) is 3.90. The Kier molecular flexibility index (Phi) is 3.94. The van der Waals surface area contributed by atoms with E-state index in [-0.39, 0.29) is 0 Å². The average Bonchev–Trinajstić information content (AvgIpc) is 2.90. The molecule has 3 heterocycles. The zero-order chi connectivity index (χ0) is 13.8. The summed E-state index contributed by atoms with van der Waals surface area (Å²) in [5.74, 6) is 0. The summed E-state index contributed by atoms with van der Waals surface area (Å²) < 4.78 is 1.96. The zero-order valence-electron chi connectivity index (χ0n) is 11.2. The monoisotopic (exact) mass is 285 g/mol. The molecule has 0 bridgehead atoms. The topological polar surface area (TPSA) is 55.1 Å². The quantitative estimate of drug-likeness (QED) is 0.780. The Hall–Kier alpha value is -1.92. The number of rotatable bonds is 5. The first-order valence-electron chi connectivity index (χ1n) is 6.50. The number of fused-ring (bicyclic) bond motifs is 1. The molecule has 0 saturated carbocycles. The van der Waals surface area contributed by atoms with Gasteiger partial charge in [0.2, 0.25) is 5.16 Å². The lowest BCUT2D eigenvalue weighted by Crippen LogP contribution is -2.11. The predicted octanol–water partition coefficient (Wildman–Crippen LogP) is 2.39. The fourth-order valence-electron chi connectivity index (χ4n) is 1.83. The van der Waals surface area contributed by atoms with Crippen LogP contribution in [-0.4, -0.2) is 26.1 Å². The molecule has 5 nitrogen and oxygen atoms in total. The molecular weight excluding hydrogens is 270 g/mol. The van der Waals surface area contributed by atoms with Gasteiger partial charge < -0.3 is 5.32 Å². The van der Waals surface area contributed by atoms with E-state index in [4.69, 9.17) is 0 Å². The summed E-state index contributed by atoms with van der Waals surface area (Å²) in [6, 6.07) is 9.95. The zero-order valence-corrected chi connectivity index (χ0v) is 12.0. The van der Waals surface area contributed by atoms with Crippen LogP contribution in [0.4, 0.5) is 0 Å². The molecule has 0 aliphatic rings. The van der Waals surface area contributed by atoms with Gasteiger partial charge in [-0.1, -0.05) is 19.1 Å². The lowest BCUT2D eigenvalue weighted by Gasteiger charge is -2.03. The average molecular weight is 285 g/mol. The van der Waals surface area contributed by atoms with Crippen molar-refractivity contribution in [3.8, 4) is 0 Å². The van der Waals surface area contributed by atoms with Crippen LogP contribution < -0.4 is 5.32 Å². The fourth-order valence-corrected chi connectivity index (χ4v) is 2.59. The second-order valence-corrected chi connectivity index (χ2v) is 5.29. The molecule has 20 heavy (non-hydrogen) atoms. The van der Waals surface area contributed by atoms with Gasteiger partial charge >= 0.3 is 0 Å². The largest absolute Gasteiger partial charge is 0.313 e. The molecule has 3 aromatic heterocycles. The Labute approximate surface area is 121 Å². The molecular formula is C14H15N5S. The van der Waals surface area contributed by atoms with Gasteiger partial charge in [-0.2, -0.15) is 0 Å². The Morgan fingerprint density at radius 1 is 1.20 bits per heavy atom. The molecule has 1 N–H and O–H groups in total. The van der Waals surface area contributed by atoms with Gasteiger partial charge in [0.05, 0.1) is 0 Å². The van der Waals surface area contributed by atoms with Crippen LogP contribution in [0.25, 0.3) is 5.65 Å². The van der Waals surface area contributed by atoms with Crippen molar-refractivity contribution in [1.29, 1.82) is 0 Å². The SMILES string of the molecule is CCNCc1ccc(Sc2nnc3ccccn23)nc1. The smallest absolute Gasteiger partial charge is 0.201 e. The number of hydrogen-bond donors (Lipinski definition) is 1. The Bertz CT molecular complexity index is 692. The summed E-state index contributed by atoms with van der Waals surface area (Å²) in [5, 5.41) is 13.3. The van der Waals surface area contributed by atoms with Gasteiger partial charge in [0.15, 0.2) is 5.65 Å². The van der Waals surface area contributed by atoms with Crippen LogP contribution in [0.3, 0.4) is 0 Å². The van der Waals surface area contributed by atoms with Crippen molar-refractivity contribution < 1.29 is 0 Å². The van der Waals surface area contributed by atoms with Crippen LogP contribution in [0.15, 0.2) is 52.9 Å². The minimum Gasteiger partial charge on any atom is -0.313 e. The fraction of sp³-hybridized carbons (Fsp3) is 0.214. The van der Waals surface area contributed by atoms with Crippen molar-refractivity contribution in [3.63, 3.8) is 0 Å². The third-order valence-electron chi connectivity index (χ3n) is 2.86. The van der Waals surface area contributed by atoms with E-state index in [0.29, 0.717) is 0 Å². The van der Waals surface area contributed by atoms with Gasteiger partial charge in [-0.05, 0) is 42.1 Å². The first kappa shape index (κ1) is 13.1. The highest BCUT2D eigenvalue weighted by Gasteiger charge is 2.07. The molecule has 0 aliphatic heterocycles. The maximum atomic E-state index is 4.46. The van der Waals surface area contributed by atoms with Gasteiger partial charge in [0.25, 0.3) is 0 Å².